The first-order valence-corrected chi connectivity index (χ1v) is 6.82. The zero-order valence-corrected chi connectivity index (χ0v) is 11.1. The number of benzene rings is 1. The zero-order valence-electron chi connectivity index (χ0n) is 11.1. The Morgan fingerprint density at radius 3 is 2.50 bits per heavy atom. The molecule has 1 aliphatic rings. The van der Waals surface area contributed by atoms with Crippen LogP contribution in [0.4, 0.5) is 0 Å². The van der Waals surface area contributed by atoms with Gasteiger partial charge in [0.2, 0.25) is 0 Å². The number of pyridine rings is 1. The van der Waals surface area contributed by atoms with Gasteiger partial charge in [0.05, 0.1) is 0 Å². The first kappa shape index (κ1) is 11.5. The Morgan fingerprint density at radius 1 is 1.00 bits per heavy atom. The normalized spacial score (nSPS) is 13.9. The van der Waals surface area contributed by atoms with Crippen molar-refractivity contribution in [1.82, 2.24) is 4.98 Å². The van der Waals surface area contributed by atoms with Crippen molar-refractivity contribution in [2.45, 2.75) is 39.0 Å². The van der Waals surface area contributed by atoms with Crippen LogP contribution in [0.5, 0.6) is 0 Å². The Kier molecular flexibility index (Phi) is 2.91. The van der Waals surface area contributed by atoms with E-state index in [4.69, 9.17) is 0 Å². The van der Waals surface area contributed by atoms with E-state index in [1.54, 1.807) is 11.1 Å². The number of aromatic nitrogens is 1. The van der Waals surface area contributed by atoms with Gasteiger partial charge < -0.3 is 0 Å². The predicted octanol–water partition coefficient (Wildman–Crippen LogP) is 4.36. The molecule has 0 fully saturated rings. The van der Waals surface area contributed by atoms with Gasteiger partial charge in [-0.15, -0.1) is 0 Å². The fraction of sp³-hybridized carbons (Fsp3) is 0.353. The second-order valence-corrected chi connectivity index (χ2v) is 5.41. The molecular weight excluding hydrogens is 218 g/mol. The lowest BCUT2D eigenvalue weighted by atomic mass is 9.87. The molecule has 0 bridgehead atoms. The molecule has 0 amide bonds. The molecule has 1 aromatic carbocycles. The summed E-state index contributed by atoms with van der Waals surface area (Å²) in [6, 6.07) is 8.94. The number of aryl methyl sites for hydroxylation is 1. The largest absolute Gasteiger partial charge is 0.265 e. The molecule has 1 heterocycles. The summed E-state index contributed by atoms with van der Waals surface area (Å²) in [4.78, 5) is 4.14. The molecule has 0 aliphatic heterocycles. The summed E-state index contributed by atoms with van der Waals surface area (Å²) in [5.74, 6) is 0.569. The van der Waals surface area contributed by atoms with Crippen LogP contribution in [0.3, 0.4) is 0 Å². The lowest BCUT2D eigenvalue weighted by Crippen LogP contribution is -1.98. The Labute approximate surface area is 109 Å². The van der Waals surface area contributed by atoms with E-state index in [9.17, 15) is 0 Å². The van der Waals surface area contributed by atoms with Gasteiger partial charge in [0.25, 0.3) is 0 Å². The summed E-state index contributed by atoms with van der Waals surface area (Å²) in [6.45, 7) is 4.56. The lowest BCUT2D eigenvalue weighted by molar-refractivity contribution is 0.865. The van der Waals surface area contributed by atoms with Crippen molar-refractivity contribution in [3.63, 3.8) is 0 Å². The fourth-order valence-electron chi connectivity index (χ4n) is 3.03. The summed E-state index contributed by atoms with van der Waals surface area (Å²) in [5.41, 5.74) is 7.40. The molecule has 3 rings (SSSR count). The van der Waals surface area contributed by atoms with Crippen LogP contribution in [0.25, 0.3) is 11.1 Å². The average Bonchev–Trinajstić information content (AvgIpc) is 2.86. The highest BCUT2D eigenvalue weighted by molar-refractivity contribution is 5.73. The van der Waals surface area contributed by atoms with E-state index in [1.807, 2.05) is 12.4 Å². The van der Waals surface area contributed by atoms with Gasteiger partial charge in [-0.25, -0.2) is 0 Å². The summed E-state index contributed by atoms with van der Waals surface area (Å²) >= 11 is 0. The second kappa shape index (κ2) is 4.56. The average molecular weight is 237 g/mol. The molecule has 0 spiro atoms. The first-order valence-electron chi connectivity index (χ1n) is 6.82. The Balaban J connectivity index is 2.25. The first-order chi connectivity index (χ1) is 8.77. The molecule has 0 N–H and O–H groups in total. The van der Waals surface area contributed by atoms with Crippen molar-refractivity contribution in [2.75, 3.05) is 0 Å². The number of rotatable bonds is 2. The number of nitrogens with zero attached hydrogens (tertiary/aromatic N) is 1. The third-order valence-electron chi connectivity index (χ3n) is 3.91. The Bertz CT molecular complexity index is 555. The monoisotopic (exact) mass is 237 g/mol. The minimum Gasteiger partial charge on any atom is -0.265 e. The van der Waals surface area contributed by atoms with Gasteiger partial charge >= 0.3 is 0 Å². The molecule has 0 saturated heterocycles. The van der Waals surface area contributed by atoms with Crippen molar-refractivity contribution in [3.8, 4) is 11.1 Å². The quantitative estimate of drug-likeness (QED) is 0.756. The number of hydrogen-bond acceptors (Lipinski definition) is 1. The minimum absolute atomic E-state index is 0.569. The van der Waals surface area contributed by atoms with Crippen LogP contribution in [0, 0.1) is 0 Å². The van der Waals surface area contributed by atoms with Crippen molar-refractivity contribution in [1.29, 1.82) is 0 Å². The van der Waals surface area contributed by atoms with E-state index in [-0.39, 0.29) is 0 Å². The maximum Gasteiger partial charge on any atom is 0.0273 e. The predicted molar refractivity (Wildman–Crippen MR) is 75.8 cm³/mol. The standard InChI is InChI=1S/C17H19N/c1-12(2)15-7-6-13-4-3-5-16(13)17(15)14-8-10-18-11-9-14/h6-12H,3-5H2,1-2H3. The highest BCUT2D eigenvalue weighted by atomic mass is 14.6. The van der Waals surface area contributed by atoms with Crippen molar-refractivity contribution >= 4 is 0 Å². The summed E-state index contributed by atoms with van der Waals surface area (Å²) in [5, 5.41) is 0. The topological polar surface area (TPSA) is 12.9 Å². The fourth-order valence-corrected chi connectivity index (χ4v) is 3.03. The summed E-state index contributed by atoms with van der Waals surface area (Å²) < 4.78 is 0. The van der Waals surface area contributed by atoms with Gasteiger partial charge in [-0.3, -0.25) is 4.98 Å². The van der Waals surface area contributed by atoms with E-state index in [0.717, 1.165) is 0 Å². The Morgan fingerprint density at radius 2 is 1.78 bits per heavy atom. The SMILES string of the molecule is CC(C)c1ccc2c(c1-c1ccncc1)CCC2. The molecule has 0 atom stereocenters. The van der Waals surface area contributed by atoms with E-state index in [2.05, 4.69) is 43.1 Å². The molecule has 92 valence electrons. The van der Waals surface area contributed by atoms with Crippen LogP contribution < -0.4 is 0 Å². The number of fused-ring (bicyclic) bond motifs is 1. The summed E-state index contributed by atoms with van der Waals surface area (Å²) in [6.07, 6.45) is 7.57. The molecule has 0 unspecified atom stereocenters. The van der Waals surface area contributed by atoms with E-state index < -0.39 is 0 Å². The van der Waals surface area contributed by atoms with Crippen molar-refractivity contribution in [3.05, 3.63) is 53.3 Å². The molecule has 0 radical (unpaired) electrons. The highest BCUT2D eigenvalue weighted by Gasteiger charge is 2.19. The minimum atomic E-state index is 0.569. The maximum atomic E-state index is 4.14. The molecule has 2 aromatic rings. The maximum absolute atomic E-state index is 4.14. The molecule has 0 saturated carbocycles. The van der Waals surface area contributed by atoms with Crippen LogP contribution in [0.1, 0.15) is 42.9 Å². The van der Waals surface area contributed by atoms with Crippen LogP contribution in [-0.2, 0) is 12.8 Å². The van der Waals surface area contributed by atoms with Crippen LogP contribution >= 0.6 is 0 Å². The molecule has 18 heavy (non-hydrogen) atoms. The molecule has 1 aromatic heterocycles. The van der Waals surface area contributed by atoms with E-state index in [1.165, 1.54) is 36.0 Å². The molecule has 1 aliphatic carbocycles. The second-order valence-electron chi connectivity index (χ2n) is 5.41. The zero-order chi connectivity index (χ0) is 12.5. The molecule has 1 heteroatoms. The van der Waals surface area contributed by atoms with Crippen LogP contribution in [0.15, 0.2) is 36.7 Å². The van der Waals surface area contributed by atoms with Crippen molar-refractivity contribution in [2.24, 2.45) is 0 Å². The highest BCUT2D eigenvalue weighted by Crippen LogP contribution is 2.37. The van der Waals surface area contributed by atoms with Gasteiger partial charge in [-0.2, -0.15) is 0 Å². The smallest absolute Gasteiger partial charge is 0.0273 e. The lowest BCUT2D eigenvalue weighted by Gasteiger charge is -2.17. The van der Waals surface area contributed by atoms with Gasteiger partial charge in [0.1, 0.15) is 0 Å². The van der Waals surface area contributed by atoms with E-state index >= 15 is 0 Å². The van der Waals surface area contributed by atoms with Crippen LogP contribution in [0.2, 0.25) is 0 Å². The number of hydrogen-bond donors (Lipinski definition) is 0. The molecular formula is C17H19N. The molecule has 1 nitrogen and oxygen atoms in total. The van der Waals surface area contributed by atoms with Crippen LogP contribution in [-0.4, -0.2) is 4.98 Å². The summed E-state index contributed by atoms with van der Waals surface area (Å²) in [7, 11) is 0. The van der Waals surface area contributed by atoms with Gasteiger partial charge in [-0.1, -0.05) is 26.0 Å². The van der Waals surface area contributed by atoms with Crippen molar-refractivity contribution < 1.29 is 0 Å². The third kappa shape index (κ3) is 1.84. The van der Waals surface area contributed by atoms with Gasteiger partial charge in [-0.05, 0) is 65.1 Å². The van der Waals surface area contributed by atoms with Gasteiger partial charge in [0.15, 0.2) is 0 Å². The van der Waals surface area contributed by atoms with Gasteiger partial charge in [0, 0.05) is 12.4 Å². The van der Waals surface area contributed by atoms with E-state index in [0.29, 0.717) is 5.92 Å². The third-order valence-corrected chi connectivity index (χ3v) is 3.91. The Hall–Kier alpha value is -1.63.